The summed E-state index contributed by atoms with van der Waals surface area (Å²) in [5.74, 6) is 0.376. The van der Waals surface area contributed by atoms with E-state index in [2.05, 4.69) is 0 Å². The summed E-state index contributed by atoms with van der Waals surface area (Å²) in [6.07, 6.45) is 0. The van der Waals surface area contributed by atoms with Gasteiger partial charge in [-0.15, -0.1) is 0 Å². The van der Waals surface area contributed by atoms with Gasteiger partial charge in [0.15, 0.2) is 11.5 Å². The lowest BCUT2D eigenvalue weighted by Crippen LogP contribution is -2.05. The second-order valence-electron chi connectivity index (χ2n) is 4.25. The summed E-state index contributed by atoms with van der Waals surface area (Å²) in [4.78, 5) is 11.4. The fourth-order valence-electron chi connectivity index (χ4n) is 2.12. The minimum Gasteiger partial charge on any atom is -0.504 e. The molecule has 0 aromatic heterocycles. The molecular weight excluding hydrogens is 276 g/mol. The Labute approximate surface area is 121 Å². The number of fused-ring (bicyclic) bond motifs is 1. The number of carbonyl (C=O) groups excluding carboxylic acids is 1. The van der Waals surface area contributed by atoms with E-state index in [-0.39, 0.29) is 23.0 Å². The molecule has 0 radical (unpaired) electrons. The van der Waals surface area contributed by atoms with E-state index in [1.54, 1.807) is 18.2 Å². The van der Waals surface area contributed by atoms with Gasteiger partial charge in [0.2, 0.25) is 11.5 Å². The van der Waals surface area contributed by atoms with Gasteiger partial charge in [-0.1, -0.05) is 0 Å². The van der Waals surface area contributed by atoms with Crippen molar-refractivity contribution in [2.45, 2.75) is 6.92 Å². The highest BCUT2D eigenvalue weighted by molar-refractivity contribution is 6.00. The molecule has 0 spiro atoms. The first-order valence-corrected chi connectivity index (χ1v) is 6.16. The number of rotatable bonds is 4. The molecule has 0 aliphatic heterocycles. The van der Waals surface area contributed by atoms with E-state index in [9.17, 15) is 9.90 Å². The summed E-state index contributed by atoms with van der Waals surface area (Å²) in [7, 11) is 4.31. The zero-order valence-electron chi connectivity index (χ0n) is 12.2. The molecule has 2 rings (SSSR count). The van der Waals surface area contributed by atoms with Gasteiger partial charge in [-0.3, -0.25) is 4.79 Å². The molecule has 2 aromatic carbocycles. The highest BCUT2D eigenvalue weighted by Crippen LogP contribution is 2.51. The summed E-state index contributed by atoms with van der Waals surface area (Å²) in [6, 6.07) is 4.99. The Balaban J connectivity index is 2.89. The number of benzene rings is 2. The van der Waals surface area contributed by atoms with Crippen LogP contribution in [-0.2, 0) is 4.79 Å². The van der Waals surface area contributed by atoms with Crippen LogP contribution in [0.2, 0.25) is 0 Å². The molecule has 0 amide bonds. The maximum Gasteiger partial charge on any atom is 0.308 e. The molecule has 0 heterocycles. The number of methoxy groups -OCH3 is 3. The van der Waals surface area contributed by atoms with Crippen molar-refractivity contribution in [1.82, 2.24) is 0 Å². The van der Waals surface area contributed by atoms with Gasteiger partial charge >= 0.3 is 5.97 Å². The smallest absolute Gasteiger partial charge is 0.308 e. The SMILES string of the molecule is COc1ccc2c(O)c(OC)c(OC)c(OC(C)=O)c2c1. The highest BCUT2D eigenvalue weighted by Gasteiger charge is 2.23. The second kappa shape index (κ2) is 5.78. The third-order valence-corrected chi connectivity index (χ3v) is 3.01. The largest absolute Gasteiger partial charge is 0.504 e. The number of aromatic hydroxyl groups is 1. The number of carbonyl (C=O) groups is 1. The van der Waals surface area contributed by atoms with Gasteiger partial charge in [0, 0.05) is 17.7 Å². The van der Waals surface area contributed by atoms with E-state index in [1.807, 2.05) is 0 Å². The molecule has 0 saturated heterocycles. The fraction of sp³-hybridized carbons (Fsp3) is 0.267. The van der Waals surface area contributed by atoms with E-state index in [1.165, 1.54) is 28.3 Å². The van der Waals surface area contributed by atoms with E-state index in [0.29, 0.717) is 16.5 Å². The van der Waals surface area contributed by atoms with E-state index >= 15 is 0 Å². The molecular formula is C15H16O6. The van der Waals surface area contributed by atoms with Gasteiger partial charge in [-0.05, 0) is 18.2 Å². The average Bonchev–Trinajstić information content (AvgIpc) is 2.48. The lowest BCUT2D eigenvalue weighted by Gasteiger charge is -2.17. The van der Waals surface area contributed by atoms with Crippen molar-refractivity contribution in [2.75, 3.05) is 21.3 Å². The third kappa shape index (κ3) is 2.52. The van der Waals surface area contributed by atoms with E-state index in [4.69, 9.17) is 18.9 Å². The lowest BCUT2D eigenvalue weighted by molar-refractivity contribution is -0.131. The predicted octanol–water partition coefficient (Wildman–Crippen LogP) is 2.50. The molecule has 6 nitrogen and oxygen atoms in total. The summed E-state index contributed by atoms with van der Waals surface area (Å²) in [6.45, 7) is 1.28. The first kappa shape index (κ1) is 14.8. The lowest BCUT2D eigenvalue weighted by atomic mass is 10.1. The van der Waals surface area contributed by atoms with E-state index < -0.39 is 5.97 Å². The van der Waals surface area contributed by atoms with Crippen molar-refractivity contribution in [3.63, 3.8) is 0 Å². The van der Waals surface area contributed by atoms with Crippen LogP contribution in [0.15, 0.2) is 18.2 Å². The Kier molecular flexibility index (Phi) is 4.07. The molecule has 0 unspecified atom stereocenters. The predicted molar refractivity (Wildman–Crippen MR) is 76.6 cm³/mol. The van der Waals surface area contributed by atoms with E-state index in [0.717, 1.165) is 0 Å². The molecule has 2 aromatic rings. The van der Waals surface area contributed by atoms with Crippen molar-refractivity contribution >= 4 is 16.7 Å². The Hall–Kier alpha value is -2.63. The van der Waals surface area contributed by atoms with Crippen LogP contribution in [0.1, 0.15) is 6.92 Å². The monoisotopic (exact) mass is 292 g/mol. The molecule has 1 N–H and O–H groups in total. The molecule has 0 aliphatic rings. The summed E-state index contributed by atoms with van der Waals surface area (Å²) >= 11 is 0. The third-order valence-electron chi connectivity index (χ3n) is 3.01. The van der Waals surface area contributed by atoms with Gasteiger partial charge in [0.05, 0.1) is 21.3 Å². The van der Waals surface area contributed by atoms with Crippen LogP contribution in [0.5, 0.6) is 28.7 Å². The average molecular weight is 292 g/mol. The van der Waals surface area contributed by atoms with Crippen molar-refractivity contribution in [3.8, 4) is 28.7 Å². The van der Waals surface area contributed by atoms with Crippen molar-refractivity contribution in [1.29, 1.82) is 0 Å². The van der Waals surface area contributed by atoms with Gasteiger partial charge in [-0.2, -0.15) is 0 Å². The topological polar surface area (TPSA) is 74.2 Å². The zero-order chi connectivity index (χ0) is 15.6. The molecule has 0 bridgehead atoms. The highest BCUT2D eigenvalue weighted by atomic mass is 16.6. The van der Waals surface area contributed by atoms with Crippen LogP contribution in [0.4, 0.5) is 0 Å². The van der Waals surface area contributed by atoms with Crippen LogP contribution >= 0.6 is 0 Å². The Morgan fingerprint density at radius 1 is 0.952 bits per heavy atom. The minimum absolute atomic E-state index is 0.0945. The number of phenolic OH excluding ortho intramolecular Hbond substituents is 1. The van der Waals surface area contributed by atoms with Crippen molar-refractivity contribution in [3.05, 3.63) is 18.2 Å². The molecule has 0 saturated carbocycles. The molecule has 0 atom stereocenters. The quantitative estimate of drug-likeness (QED) is 0.689. The second-order valence-corrected chi connectivity index (χ2v) is 4.25. The standard InChI is InChI=1S/C15H16O6/c1-8(16)21-13-11-7-9(18-2)5-6-10(11)12(17)14(19-3)15(13)20-4/h5-7,17H,1-4H3. The van der Waals surface area contributed by atoms with Crippen LogP contribution in [0.3, 0.4) is 0 Å². The number of hydrogen-bond acceptors (Lipinski definition) is 6. The van der Waals surface area contributed by atoms with Crippen LogP contribution in [0.25, 0.3) is 10.8 Å². The summed E-state index contributed by atoms with van der Waals surface area (Å²) in [5, 5.41) is 11.2. The van der Waals surface area contributed by atoms with Crippen LogP contribution in [-0.4, -0.2) is 32.4 Å². The number of esters is 1. The normalized spacial score (nSPS) is 10.3. The van der Waals surface area contributed by atoms with Gasteiger partial charge in [0.25, 0.3) is 0 Å². The molecule has 21 heavy (non-hydrogen) atoms. The summed E-state index contributed by atoms with van der Waals surface area (Å²) < 4.78 is 20.8. The minimum atomic E-state index is -0.509. The number of hydrogen-bond donors (Lipinski definition) is 1. The summed E-state index contributed by atoms with van der Waals surface area (Å²) in [5.41, 5.74) is 0. The zero-order valence-corrected chi connectivity index (χ0v) is 12.2. The van der Waals surface area contributed by atoms with Crippen LogP contribution < -0.4 is 18.9 Å². The number of phenols is 1. The first-order valence-electron chi connectivity index (χ1n) is 6.16. The maximum absolute atomic E-state index is 11.4. The van der Waals surface area contributed by atoms with Crippen molar-refractivity contribution < 1.29 is 28.8 Å². The Morgan fingerprint density at radius 2 is 1.62 bits per heavy atom. The van der Waals surface area contributed by atoms with Gasteiger partial charge in [-0.25, -0.2) is 0 Å². The van der Waals surface area contributed by atoms with Gasteiger partial charge < -0.3 is 24.1 Å². The Bertz CT molecular complexity index is 692. The molecule has 112 valence electrons. The van der Waals surface area contributed by atoms with Crippen molar-refractivity contribution in [2.24, 2.45) is 0 Å². The molecule has 0 fully saturated rings. The van der Waals surface area contributed by atoms with Crippen LogP contribution in [0, 0.1) is 0 Å². The Morgan fingerprint density at radius 3 is 2.14 bits per heavy atom. The fourth-order valence-corrected chi connectivity index (χ4v) is 2.12. The first-order chi connectivity index (χ1) is 10.0. The number of ether oxygens (including phenoxy) is 4. The van der Waals surface area contributed by atoms with Gasteiger partial charge in [0.1, 0.15) is 5.75 Å². The molecule has 6 heteroatoms. The molecule has 0 aliphatic carbocycles. The maximum atomic E-state index is 11.4.